The summed E-state index contributed by atoms with van der Waals surface area (Å²) < 4.78 is 0. The molecule has 0 atom stereocenters. The predicted molar refractivity (Wildman–Crippen MR) is 105 cm³/mol. The second kappa shape index (κ2) is 9.40. The summed E-state index contributed by atoms with van der Waals surface area (Å²) in [4.78, 5) is 26.8. The van der Waals surface area contributed by atoms with Gasteiger partial charge in [-0.1, -0.05) is 38.0 Å². The van der Waals surface area contributed by atoms with E-state index in [1.54, 1.807) is 0 Å². The van der Waals surface area contributed by atoms with Crippen LogP contribution in [0.5, 0.6) is 0 Å². The van der Waals surface area contributed by atoms with Gasteiger partial charge >= 0.3 is 0 Å². The number of para-hydroxylation sites is 1. The molecular formula is C21H29N3O2. The zero-order valence-corrected chi connectivity index (χ0v) is 15.8. The Morgan fingerprint density at radius 3 is 2.35 bits per heavy atom. The summed E-state index contributed by atoms with van der Waals surface area (Å²) in [6.07, 6.45) is 8.55. The number of amides is 2. The lowest BCUT2D eigenvalue weighted by Gasteiger charge is -2.32. The zero-order valence-electron chi connectivity index (χ0n) is 15.8. The van der Waals surface area contributed by atoms with Crippen LogP contribution >= 0.6 is 0 Å². The van der Waals surface area contributed by atoms with Crippen molar-refractivity contribution in [2.24, 2.45) is 5.92 Å². The third-order valence-corrected chi connectivity index (χ3v) is 5.23. The molecule has 0 aromatic heterocycles. The molecule has 1 aromatic carbocycles. The van der Waals surface area contributed by atoms with Crippen LogP contribution in [-0.2, 0) is 9.59 Å². The fraction of sp³-hybridized carbons (Fsp3) is 0.524. The first kappa shape index (κ1) is 20.0. The van der Waals surface area contributed by atoms with Crippen LogP contribution < -0.4 is 10.6 Å². The Morgan fingerprint density at radius 2 is 1.81 bits per heavy atom. The number of likely N-dealkylation sites (tertiary alicyclic amines) is 1. The van der Waals surface area contributed by atoms with Crippen LogP contribution in [0, 0.1) is 18.3 Å². The van der Waals surface area contributed by atoms with E-state index >= 15 is 0 Å². The highest BCUT2D eigenvalue weighted by Gasteiger charge is 2.29. The number of carbonyl (C=O) groups is 2. The molecule has 2 rings (SSSR count). The van der Waals surface area contributed by atoms with Crippen LogP contribution in [-0.4, -0.2) is 41.9 Å². The summed E-state index contributed by atoms with van der Waals surface area (Å²) in [5.74, 6) is 2.73. The van der Waals surface area contributed by atoms with Crippen molar-refractivity contribution in [2.45, 2.75) is 45.1 Å². The third kappa shape index (κ3) is 5.34. The summed E-state index contributed by atoms with van der Waals surface area (Å²) in [6, 6.07) is 9.50. The van der Waals surface area contributed by atoms with Crippen molar-refractivity contribution in [1.29, 1.82) is 0 Å². The number of hydrogen-bond donors (Lipinski definition) is 2. The van der Waals surface area contributed by atoms with E-state index < -0.39 is 5.54 Å². The fourth-order valence-corrected chi connectivity index (χ4v) is 3.30. The predicted octanol–water partition coefficient (Wildman–Crippen LogP) is 2.65. The van der Waals surface area contributed by atoms with Crippen molar-refractivity contribution in [3.8, 4) is 12.3 Å². The highest BCUT2D eigenvalue weighted by Crippen LogP contribution is 2.20. The lowest BCUT2D eigenvalue weighted by molar-refractivity contribution is -0.124. The maximum Gasteiger partial charge on any atom is 0.235 e. The van der Waals surface area contributed by atoms with Crippen molar-refractivity contribution in [3.63, 3.8) is 0 Å². The van der Waals surface area contributed by atoms with Gasteiger partial charge in [0.1, 0.15) is 5.54 Å². The van der Waals surface area contributed by atoms with E-state index in [4.69, 9.17) is 6.42 Å². The smallest absolute Gasteiger partial charge is 0.235 e. The number of nitrogens with one attached hydrogen (secondary N) is 2. The largest absolute Gasteiger partial charge is 0.339 e. The van der Waals surface area contributed by atoms with E-state index in [1.165, 1.54) is 0 Å². The highest BCUT2D eigenvalue weighted by atomic mass is 16.2. The Kier molecular flexibility index (Phi) is 7.23. The van der Waals surface area contributed by atoms with Crippen LogP contribution in [0.4, 0.5) is 5.69 Å². The van der Waals surface area contributed by atoms with Crippen molar-refractivity contribution in [1.82, 2.24) is 10.2 Å². The Hall–Kier alpha value is -2.32. The standard InChI is InChI=1S/C21H29N3O2/c1-4-21(5-2,6-3)23-19(25)16-24-14-12-17(13-15-24)20(26)22-18-10-8-7-9-11-18/h1,7-11,17H,5-6,12-16H2,2-3H3,(H,22,26)(H,23,25). The topological polar surface area (TPSA) is 61.4 Å². The maximum absolute atomic E-state index is 12.4. The molecule has 0 aliphatic carbocycles. The summed E-state index contributed by atoms with van der Waals surface area (Å²) in [5, 5.41) is 5.96. The van der Waals surface area contributed by atoms with Crippen LogP contribution in [0.25, 0.3) is 0 Å². The molecule has 1 aliphatic heterocycles. The normalized spacial score (nSPS) is 15.9. The molecule has 1 aliphatic rings. The molecule has 2 N–H and O–H groups in total. The Labute approximate surface area is 156 Å². The summed E-state index contributed by atoms with van der Waals surface area (Å²) >= 11 is 0. The monoisotopic (exact) mass is 355 g/mol. The third-order valence-electron chi connectivity index (χ3n) is 5.23. The Bertz CT molecular complexity index is 639. The first-order valence-corrected chi connectivity index (χ1v) is 9.39. The number of hydrogen-bond acceptors (Lipinski definition) is 3. The number of carbonyl (C=O) groups excluding carboxylic acids is 2. The Morgan fingerprint density at radius 1 is 1.19 bits per heavy atom. The molecule has 5 nitrogen and oxygen atoms in total. The summed E-state index contributed by atoms with van der Waals surface area (Å²) in [6.45, 7) is 5.78. The zero-order chi connectivity index (χ0) is 19.0. The average Bonchev–Trinajstić information content (AvgIpc) is 2.67. The van der Waals surface area contributed by atoms with Gasteiger partial charge in [-0.2, -0.15) is 0 Å². The van der Waals surface area contributed by atoms with E-state index in [2.05, 4.69) is 21.5 Å². The number of nitrogens with zero attached hydrogens (tertiary/aromatic N) is 1. The van der Waals surface area contributed by atoms with Crippen molar-refractivity contribution >= 4 is 17.5 Å². The lowest BCUT2D eigenvalue weighted by Crippen LogP contribution is -2.51. The van der Waals surface area contributed by atoms with Crippen molar-refractivity contribution in [3.05, 3.63) is 30.3 Å². The van der Waals surface area contributed by atoms with Gasteiger partial charge in [-0.05, 0) is 50.9 Å². The minimum atomic E-state index is -0.551. The molecule has 5 heteroatoms. The van der Waals surface area contributed by atoms with Crippen LogP contribution in [0.3, 0.4) is 0 Å². The van der Waals surface area contributed by atoms with Crippen LogP contribution in [0.15, 0.2) is 30.3 Å². The SMILES string of the molecule is C#CC(CC)(CC)NC(=O)CN1CCC(C(=O)Nc2ccccc2)CC1. The lowest BCUT2D eigenvalue weighted by atomic mass is 9.93. The highest BCUT2D eigenvalue weighted by molar-refractivity contribution is 5.92. The second-order valence-corrected chi connectivity index (χ2v) is 6.89. The molecule has 0 saturated carbocycles. The number of benzene rings is 1. The van der Waals surface area contributed by atoms with Gasteiger partial charge in [-0.15, -0.1) is 6.42 Å². The van der Waals surface area contributed by atoms with Gasteiger partial charge < -0.3 is 10.6 Å². The molecule has 0 radical (unpaired) electrons. The number of terminal acetylenes is 1. The van der Waals surface area contributed by atoms with Crippen LogP contribution in [0.1, 0.15) is 39.5 Å². The summed E-state index contributed by atoms with van der Waals surface area (Å²) in [5.41, 5.74) is 0.273. The van der Waals surface area contributed by atoms with Gasteiger partial charge in [-0.25, -0.2) is 0 Å². The van der Waals surface area contributed by atoms with E-state index in [9.17, 15) is 9.59 Å². The van der Waals surface area contributed by atoms with E-state index in [-0.39, 0.29) is 17.7 Å². The van der Waals surface area contributed by atoms with Gasteiger partial charge in [0.2, 0.25) is 11.8 Å². The van der Waals surface area contributed by atoms with E-state index in [1.807, 2.05) is 44.2 Å². The number of rotatable bonds is 7. The number of piperidine rings is 1. The molecule has 2 amide bonds. The minimum absolute atomic E-state index is 0.00870. The quantitative estimate of drug-likeness (QED) is 0.739. The van der Waals surface area contributed by atoms with E-state index in [0.29, 0.717) is 19.4 Å². The van der Waals surface area contributed by atoms with Crippen molar-refractivity contribution in [2.75, 3.05) is 25.0 Å². The maximum atomic E-state index is 12.4. The minimum Gasteiger partial charge on any atom is -0.339 e. The van der Waals surface area contributed by atoms with Gasteiger partial charge in [0.15, 0.2) is 0 Å². The average molecular weight is 355 g/mol. The fourth-order valence-electron chi connectivity index (χ4n) is 3.30. The molecule has 140 valence electrons. The van der Waals surface area contributed by atoms with Crippen molar-refractivity contribution < 1.29 is 9.59 Å². The first-order chi connectivity index (χ1) is 12.5. The van der Waals surface area contributed by atoms with Crippen LogP contribution in [0.2, 0.25) is 0 Å². The van der Waals surface area contributed by atoms with Gasteiger partial charge in [0.05, 0.1) is 6.54 Å². The van der Waals surface area contributed by atoms with Gasteiger partial charge in [-0.3, -0.25) is 14.5 Å². The molecule has 1 fully saturated rings. The summed E-state index contributed by atoms with van der Waals surface area (Å²) in [7, 11) is 0. The second-order valence-electron chi connectivity index (χ2n) is 6.89. The van der Waals surface area contributed by atoms with E-state index in [0.717, 1.165) is 31.6 Å². The molecule has 0 unspecified atom stereocenters. The molecule has 1 saturated heterocycles. The Balaban J connectivity index is 1.78. The molecule has 1 heterocycles. The first-order valence-electron chi connectivity index (χ1n) is 9.39. The van der Waals surface area contributed by atoms with Gasteiger partial charge in [0.25, 0.3) is 0 Å². The molecule has 0 spiro atoms. The molecular weight excluding hydrogens is 326 g/mol. The molecule has 0 bridgehead atoms. The molecule has 1 aromatic rings. The number of anilines is 1. The molecule has 26 heavy (non-hydrogen) atoms. The van der Waals surface area contributed by atoms with Gasteiger partial charge in [0, 0.05) is 11.6 Å².